The van der Waals surface area contributed by atoms with Gasteiger partial charge in [-0.3, -0.25) is 0 Å². The van der Waals surface area contributed by atoms with Crippen LogP contribution in [0.4, 0.5) is 0 Å². The Bertz CT molecular complexity index is 872. The number of rotatable bonds is 4. The Morgan fingerprint density at radius 1 is 1.00 bits per heavy atom. The summed E-state index contributed by atoms with van der Waals surface area (Å²) >= 11 is 0. The van der Waals surface area contributed by atoms with Crippen molar-refractivity contribution in [1.29, 1.82) is 0 Å². The zero-order chi connectivity index (χ0) is 15.6. The Morgan fingerprint density at radius 3 is 2.32 bits per heavy atom. The molecule has 112 valence electrons. The molecular formula is C15H13N3O3S. The minimum atomic E-state index is -3.70. The molecule has 2 N–H and O–H groups in total. The molecule has 0 amide bonds. The quantitative estimate of drug-likeness (QED) is 0.793. The van der Waals surface area contributed by atoms with E-state index in [4.69, 9.17) is 9.66 Å². The number of aromatic nitrogens is 2. The lowest BCUT2D eigenvalue weighted by Crippen LogP contribution is -2.11. The molecule has 0 radical (unpaired) electrons. The van der Waals surface area contributed by atoms with Gasteiger partial charge in [-0.15, -0.1) is 0 Å². The van der Waals surface area contributed by atoms with Crippen LogP contribution in [-0.2, 0) is 16.4 Å². The highest BCUT2D eigenvalue weighted by Gasteiger charge is 2.12. The molecule has 0 aliphatic heterocycles. The largest absolute Gasteiger partial charge is 0.334 e. The fourth-order valence-electron chi connectivity index (χ4n) is 2.01. The van der Waals surface area contributed by atoms with Gasteiger partial charge < -0.3 is 4.52 Å². The van der Waals surface area contributed by atoms with E-state index >= 15 is 0 Å². The third-order valence-corrected chi connectivity index (χ3v) is 4.03. The summed E-state index contributed by atoms with van der Waals surface area (Å²) in [5.74, 6) is 0.906. The van der Waals surface area contributed by atoms with Crippen molar-refractivity contribution < 1.29 is 12.9 Å². The molecule has 0 aliphatic carbocycles. The first kappa shape index (κ1) is 14.4. The Hall–Kier alpha value is -2.51. The number of benzene rings is 2. The highest BCUT2D eigenvalue weighted by molar-refractivity contribution is 7.89. The first-order valence-electron chi connectivity index (χ1n) is 6.52. The summed E-state index contributed by atoms with van der Waals surface area (Å²) in [7, 11) is -3.70. The van der Waals surface area contributed by atoms with Crippen molar-refractivity contribution in [2.45, 2.75) is 11.3 Å². The fourth-order valence-corrected chi connectivity index (χ4v) is 2.52. The molecule has 0 bridgehead atoms. The second kappa shape index (κ2) is 5.70. The SMILES string of the molecule is NS(=O)(=O)c1ccc(-c2nc(Cc3ccccc3)no2)cc1. The molecular weight excluding hydrogens is 302 g/mol. The van der Waals surface area contributed by atoms with Crippen molar-refractivity contribution in [2.24, 2.45) is 5.14 Å². The van der Waals surface area contributed by atoms with E-state index in [0.717, 1.165) is 5.56 Å². The summed E-state index contributed by atoms with van der Waals surface area (Å²) in [5, 5.41) is 8.99. The van der Waals surface area contributed by atoms with E-state index in [1.807, 2.05) is 30.3 Å². The Labute approximate surface area is 127 Å². The summed E-state index contributed by atoms with van der Waals surface area (Å²) in [6, 6.07) is 15.8. The van der Waals surface area contributed by atoms with Crippen LogP contribution in [-0.4, -0.2) is 18.6 Å². The molecule has 0 atom stereocenters. The average molecular weight is 315 g/mol. The van der Waals surface area contributed by atoms with Crippen molar-refractivity contribution in [1.82, 2.24) is 10.1 Å². The van der Waals surface area contributed by atoms with Crippen molar-refractivity contribution in [3.8, 4) is 11.5 Å². The van der Waals surface area contributed by atoms with Crippen molar-refractivity contribution in [3.05, 3.63) is 66.0 Å². The Kier molecular flexibility index (Phi) is 3.74. The molecule has 22 heavy (non-hydrogen) atoms. The van der Waals surface area contributed by atoms with Gasteiger partial charge in [-0.25, -0.2) is 13.6 Å². The second-order valence-electron chi connectivity index (χ2n) is 4.75. The maximum Gasteiger partial charge on any atom is 0.257 e. The summed E-state index contributed by atoms with van der Waals surface area (Å²) in [5.41, 5.74) is 1.72. The first-order chi connectivity index (χ1) is 10.5. The maximum atomic E-state index is 11.2. The van der Waals surface area contributed by atoms with Crippen LogP contribution < -0.4 is 5.14 Å². The molecule has 0 spiro atoms. The number of primary sulfonamides is 1. The predicted octanol–water partition coefficient (Wildman–Crippen LogP) is 1.97. The first-order valence-corrected chi connectivity index (χ1v) is 8.07. The van der Waals surface area contributed by atoms with E-state index in [1.165, 1.54) is 12.1 Å². The summed E-state index contributed by atoms with van der Waals surface area (Å²) < 4.78 is 27.6. The van der Waals surface area contributed by atoms with Gasteiger partial charge in [-0.1, -0.05) is 35.5 Å². The Morgan fingerprint density at radius 2 is 1.68 bits per heavy atom. The fraction of sp³-hybridized carbons (Fsp3) is 0.0667. The predicted molar refractivity (Wildman–Crippen MR) is 80.4 cm³/mol. The van der Waals surface area contributed by atoms with Gasteiger partial charge >= 0.3 is 0 Å². The van der Waals surface area contributed by atoms with E-state index in [-0.39, 0.29) is 4.90 Å². The highest BCUT2D eigenvalue weighted by atomic mass is 32.2. The van der Waals surface area contributed by atoms with Crippen molar-refractivity contribution >= 4 is 10.0 Å². The van der Waals surface area contributed by atoms with E-state index in [9.17, 15) is 8.42 Å². The molecule has 1 aromatic heterocycles. The number of nitrogens with two attached hydrogens (primary N) is 1. The van der Waals surface area contributed by atoms with E-state index in [2.05, 4.69) is 10.1 Å². The van der Waals surface area contributed by atoms with Crippen LogP contribution in [0.15, 0.2) is 64.0 Å². The normalized spacial score (nSPS) is 11.5. The third-order valence-electron chi connectivity index (χ3n) is 3.10. The third kappa shape index (κ3) is 3.21. The van der Waals surface area contributed by atoms with Gasteiger partial charge in [0, 0.05) is 12.0 Å². The van der Waals surface area contributed by atoms with Crippen LogP contribution in [0.2, 0.25) is 0 Å². The van der Waals surface area contributed by atoms with Crippen LogP contribution >= 0.6 is 0 Å². The molecule has 0 unspecified atom stereocenters. The van der Waals surface area contributed by atoms with Crippen LogP contribution in [0.25, 0.3) is 11.5 Å². The van der Waals surface area contributed by atoms with Gasteiger partial charge in [0.05, 0.1) is 4.90 Å². The average Bonchev–Trinajstić information content (AvgIpc) is 2.96. The molecule has 0 saturated carbocycles. The standard InChI is InChI=1S/C15H13N3O3S/c16-22(19,20)13-8-6-12(7-9-13)15-17-14(18-21-15)10-11-4-2-1-3-5-11/h1-9H,10H2,(H2,16,19,20). The lowest BCUT2D eigenvalue weighted by Gasteiger charge is -1.98. The molecule has 0 saturated heterocycles. The minimum absolute atomic E-state index is 0.0419. The van der Waals surface area contributed by atoms with Crippen LogP contribution in [0.1, 0.15) is 11.4 Å². The van der Waals surface area contributed by atoms with E-state index in [0.29, 0.717) is 23.7 Å². The molecule has 3 aromatic rings. The van der Waals surface area contributed by atoms with E-state index < -0.39 is 10.0 Å². The van der Waals surface area contributed by atoms with Gasteiger partial charge in [0.1, 0.15) is 0 Å². The molecule has 3 rings (SSSR count). The van der Waals surface area contributed by atoms with Gasteiger partial charge in [0.2, 0.25) is 10.0 Å². The van der Waals surface area contributed by atoms with Crippen LogP contribution in [0, 0.1) is 0 Å². The topological polar surface area (TPSA) is 99.1 Å². The summed E-state index contributed by atoms with van der Waals surface area (Å²) in [4.78, 5) is 4.35. The molecule has 6 nitrogen and oxygen atoms in total. The van der Waals surface area contributed by atoms with Crippen molar-refractivity contribution in [3.63, 3.8) is 0 Å². The van der Waals surface area contributed by atoms with Gasteiger partial charge in [-0.2, -0.15) is 4.98 Å². The lowest BCUT2D eigenvalue weighted by molar-refractivity contribution is 0.424. The second-order valence-corrected chi connectivity index (χ2v) is 6.31. The van der Waals surface area contributed by atoms with Gasteiger partial charge in [0.25, 0.3) is 5.89 Å². The zero-order valence-corrected chi connectivity index (χ0v) is 12.3. The molecule has 2 aromatic carbocycles. The number of nitrogens with zero attached hydrogens (tertiary/aromatic N) is 2. The molecule has 0 aliphatic rings. The molecule has 7 heteroatoms. The lowest BCUT2D eigenvalue weighted by atomic mass is 10.1. The number of hydrogen-bond acceptors (Lipinski definition) is 5. The Balaban J connectivity index is 1.82. The highest BCUT2D eigenvalue weighted by Crippen LogP contribution is 2.20. The smallest absolute Gasteiger partial charge is 0.257 e. The van der Waals surface area contributed by atoms with Crippen LogP contribution in [0.5, 0.6) is 0 Å². The molecule has 0 fully saturated rings. The maximum absolute atomic E-state index is 11.2. The monoisotopic (exact) mass is 315 g/mol. The molecule has 1 heterocycles. The summed E-state index contributed by atoms with van der Waals surface area (Å²) in [6.45, 7) is 0. The van der Waals surface area contributed by atoms with Gasteiger partial charge in [0.15, 0.2) is 5.82 Å². The number of hydrogen-bond donors (Lipinski definition) is 1. The zero-order valence-electron chi connectivity index (χ0n) is 11.5. The number of sulfonamides is 1. The van der Waals surface area contributed by atoms with Crippen LogP contribution in [0.3, 0.4) is 0 Å². The minimum Gasteiger partial charge on any atom is -0.334 e. The van der Waals surface area contributed by atoms with Crippen molar-refractivity contribution in [2.75, 3.05) is 0 Å². The van der Waals surface area contributed by atoms with E-state index in [1.54, 1.807) is 12.1 Å². The summed E-state index contributed by atoms with van der Waals surface area (Å²) in [6.07, 6.45) is 0.569. The van der Waals surface area contributed by atoms with Gasteiger partial charge in [-0.05, 0) is 29.8 Å².